The Bertz CT molecular complexity index is 589. The van der Waals surface area contributed by atoms with Crippen molar-refractivity contribution in [2.24, 2.45) is 22.2 Å². The molecule has 4 nitrogen and oxygen atoms in total. The van der Waals surface area contributed by atoms with E-state index in [2.05, 4.69) is 34.6 Å². The molecule has 0 aromatic carbocycles. The minimum absolute atomic E-state index is 0.0745. The van der Waals surface area contributed by atoms with E-state index in [0.717, 1.165) is 32.1 Å². The molecule has 0 aromatic rings. The van der Waals surface area contributed by atoms with Crippen LogP contribution in [0.25, 0.3) is 0 Å². The van der Waals surface area contributed by atoms with Crippen LogP contribution in [0.3, 0.4) is 0 Å². The molecule has 0 bridgehead atoms. The molecule has 198 valence electrons. The highest BCUT2D eigenvalue weighted by molar-refractivity contribution is 5.76. The SMILES string of the molecule is CCC(C)(C)C(=O)OC(C)(C)CC(C)(C)C.CCC(C)(C)C(=O)OC(C)(C)CCCC(C)C. The quantitative estimate of drug-likeness (QED) is 0.283. The molecule has 0 aliphatic rings. The zero-order valence-corrected chi connectivity index (χ0v) is 25.0. The first-order valence-electron chi connectivity index (χ1n) is 13.0. The molecule has 0 aliphatic carbocycles. The van der Waals surface area contributed by atoms with Gasteiger partial charge in [-0.1, -0.05) is 54.9 Å². The summed E-state index contributed by atoms with van der Waals surface area (Å²) in [5.74, 6) is 0.549. The Labute approximate surface area is 207 Å². The van der Waals surface area contributed by atoms with Crippen LogP contribution in [0.2, 0.25) is 0 Å². The molecule has 0 spiro atoms. The Morgan fingerprint density at radius 2 is 1.03 bits per heavy atom. The maximum absolute atomic E-state index is 12.0. The fraction of sp³-hybridized carbons (Fsp3) is 0.931. The summed E-state index contributed by atoms with van der Waals surface area (Å²) in [7, 11) is 0. The lowest BCUT2D eigenvalue weighted by molar-refractivity contribution is -0.170. The molecule has 0 saturated heterocycles. The number of carbonyl (C=O) groups excluding carboxylic acids is 2. The topological polar surface area (TPSA) is 52.6 Å². The summed E-state index contributed by atoms with van der Waals surface area (Å²) in [4.78, 5) is 24.0. The first-order valence-corrected chi connectivity index (χ1v) is 13.0. The van der Waals surface area contributed by atoms with Gasteiger partial charge >= 0.3 is 11.9 Å². The van der Waals surface area contributed by atoms with Gasteiger partial charge in [0.1, 0.15) is 11.2 Å². The molecule has 0 aromatic heterocycles. The van der Waals surface area contributed by atoms with Crippen molar-refractivity contribution in [2.75, 3.05) is 0 Å². The number of carbonyl (C=O) groups is 2. The second kappa shape index (κ2) is 13.1. The molecule has 0 aliphatic heterocycles. The molecule has 0 fully saturated rings. The Balaban J connectivity index is 0. The average molecular weight is 471 g/mol. The summed E-state index contributed by atoms with van der Waals surface area (Å²) >= 11 is 0. The van der Waals surface area contributed by atoms with E-state index >= 15 is 0 Å². The molecule has 33 heavy (non-hydrogen) atoms. The number of ether oxygens (including phenoxy) is 2. The van der Waals surface area contributed by atoms with Gasteiger partial charge in [-0.25, -0.2) is 0 Å². The highest BCUT2D eigenvalue weighted by Gasteiger charge is 2.35. The maximum Gasteiger partial charge on any atom is 0.312 e. The molecule has 0 rings (SSSR count). The first-order chi connectivity index (χ1) is 14.5. The van der Waals surface area contributed by atoms with Crippen molar-refractivity contribution in [3.63, 3.8) is 0 Å². The van der Waals surface area contributed by atoms with Crippen LogP contribution in [0, 0.1) is 22.2 Å². The Morgan fingerprint density at radius 3 is 1.33 bits per heavy atom. The molecule has 0 saturated carbocycles. The van der Waals surface area contributed by atoms with E-state index in [9.17, 15) is 9.59 Å². The standard InChI is InChI=1S/C15H30O2.C14H28O2/c1-8-14(4,5)13(16)17-15(6,7)11-9-10-12(2)3;1-9-13(5,6)11(15)16-14(7,8)10-12(2,3)4/h12H,8-11H2,1-7H3;9-10H2,1-8H3. The molecular formula is C29H58O4. The van der Waals surface area contributed by atoms with Gasteiger partial charge in [-0.15, -0.1) is 0 Å². The minimum Gasteiger partial charge on any atom is -0.459 e. The smallest absolute Gasteiger partial charge is 0.312 e. The number of hydrogen-bond acceptors (Lipinski definition) is 4. The highest BCUT2D eigenvalue weighted by atomic mass is 16.6. The van der Waals surface area contributed by atoms with Crippen molar-refractivity contribution in [3.8, 4) is 0 Å². The predicted molar refractivity (Wildman–Crippen MR) is 141 cm³/mol. The highest BCUT2D eigenvalue weighted by Crippen LogP contribution is 2.32. The van der Waals surface area contributed by atoms with E-state index in [1.54, 1.807) is 0 Å². The third kappa shape index (κ3) is 16.2. The average Bonchev–Trinajstić information content (AvgIpc) is 2.58. The van der Waals surface area contributed by atoms with Gasteiger partial charge in [0.2, 0.25) is 0 Å². The third-order valence-corrected chi connectivity index (χ3v) is 6.13. The van der Waals surface area contributed by atoms with Gasteiger partial charge in [0.25, 0.3) is 0 Å². The zero-order valence-electron chi connectivity index (χ0n) is 25.0. The zero-order chi connectivity index (χ0) is 26.9. The van der Waals surface area contributed by atoms with Gasteiger partial charge in [-0.2, -0.15) is 0 Å². The van der Waals surface area contributed by atoms with Gasteiger partial charge in [0.05, 0.1) is 10.8 Å². The second-order valence-corrected chi connectivity index (χ2v) is 13.8. The third-order valence-electron chi connectivity index (χ3n) is 6.13. The predicted octanol–water partition coefficient (Wildman–Crippen LogP) is 8.75. The summed E-state index contributed by atoms with van der Waals surface area (Å²) in [5, 5.41) is 0. The Morgan fingerprint density at radius 1 is 0.667 bits per heavy atom. The Kier molecular flexibility index (Phi) is 13.6. The van der Waals surface area contributed by atoms with Crippen molar-refractivity contribution in [1.82, 2.24) is 0 Å². The van der Waals surface area contributed by atoms with E-state index in [0.29, 0.717) is 5.92 Å². The van der Waals surface area contributed by atoms with E-state index < -0.39 is 0 Å². The second-order valence-electron chi connectivity index (χ2n) is 13.8. The van der Waals surface area contributed by atoms with Crippen LogP contribution >= 0.6 is 0 Å². The molecule has 4 heteroatoms. The van der Waals surface area contributed by atoms with Crippen LogP contribution in [0.15, 0.2) is 0 Å². The number of rotatable bonds is 11. The largest absolute Gasteiger partial charge is 0.459 e. The van der Waals surface area contributed by atoms with Crippen molar-refractivity contribution in [1.29, 1.82) is 0 Å². The van der Waals surface area contributed by atoms with Crippen molar-refractivity contribution < 1.29 is 19.1 Å². The van der Waals surface area contributed by atoms with Gasteiger partial charge in [-0.3, -0.25) is 9.59 Å². The molecule has 0 heterocycles. The lowest BCUT2D eigenvalue weighted by atomic mass is 9.83. The summed E-state index contributed by atoms with van der Waals surface area (Å²) in [6.45, 7) is 30.7. The molecular weight excluding hydrogens is 412 g/mol. The van der Waals surface area contributed by atoms with E-state index in [-0.39, 0.29) is 39.4 Å². The summed E-state index contributed by atoms with van der Waals surface area (Å²) in [5.41, 5.74) is -1.30. The fourth-order valence-electron chi connectivity index (χ4n) is 3.37. The summed E-state index contributed by atoms with van der Waals surface area (Å²) < 4.78 is 11.3. The fourth-order valence-corrected chi connectivity index (χ4v) is 3.37. The first kappa shape index (κ1) is 34.1. The van der Waals surface area contributed by atoms with Crippen molar-refractivity contribution in [2.45, 2.75) is 154 Å². The molecule has 0 amide bonds. The lowest BCUT2D eigenvalue weighted by Gasteiger charge is -2.34. The van der Waals surface area contributed by atoms with Crippen molar-refractivity contribution >= 4 is 11.9 Å². The lowest BCUT2D eigenvalue weighted by Crippen LogP contribution is -2.37. The van der Waals surface area contributed by atoms with E-state index in [1.165, 1.54) is 6.42 Å². The van der Waals surface area contributed by atoms with E-state index in [4.69, 9.17) is 9.47 Å². The van der Waals surface area contributed by atoms with E-state index in [1.807, 2.05) is 69.2 Å². The van der Waals surface area contributed by atoms with Gasteiger partial charge in [0, 0.05) is 0 Å². The summed E-state index contributed by atoms with van der Waals surface area (Å²) in [6.07, 6.45) is 5.73. The van der Waals surface area contributed by atoms with Crippen LogP contribution in [-0.2, 0) is 19.1 Å². The van der Waals surface area contributed by atoms with Crippen LogP contribution in [-0.4, -0.2) is 23.1 Å². The minimum atomic E-state index is -0.387. The van der Waals surface area contributed by atoms with Crippen LogP contribution in [0.4, 0.5) is 0 Å². The van der Waals surface area contributed by atoms with Crippen LogP contribution < -0.4 is 0 Å². The monoisotopic (exact) mass is 470 g/mol. The van der Waals surface area contributed by atoms with Gasteiger partial charge < -0.3 is 9.47 Å². The normalized spacial score (nSPS) is 13.3. The van der Waals surface area contributed by atoms with Gasteiger partial charge in [-0.05, 0) is 98.8 Å². The molecule has 0 unspecified atom stereocenters. The molecule has 0 atom stereocenters. The summed E-state index contributed by atoms with van der Waals surface area (Å²) in [6, 6.07) is 0. The van der Waals surface area contributed by atoms with Crippen LogP contribution in [0.1, 0.15) is 142 Å². The molecule has 0 N–H and O–H groups in total. The molecule has 0 radical (unpaired) electrons. The maximum atomic E-state index is 12.0. The van der Waals surface area contributed by atoms with Crippen molar-refractivity contribution in [3.05, 3.63) is 0 Å². The van der Waals surface area contributed by atoms with Gasteiger partial charge in [0.15, 0.2) is 0 Å². The number of esters is 2. The Hall–Kier alpha value is -1.06. The van der Waals surface area contributed by atoms with Crippen LogP contribution in [0.5, 0.6) is 0 Å². The number of hydrogen-bond donors (Lipinski definition) is 0.